The molecule has 94 valence electrons. The van der Waals surface area contributed by atoms with Crippen molar-refractivity contribution < 1.29 is 0 Å². The first kappa shape index (κ1) is 13.3. The van der Waals surface area contributed by atoms with Gasteiger partial charge in [-0.15, -0.1) is 0 Å². The fourth-order valence-electron chi connectivity index (χ4n) is 2.35. The molecule has 1 fully saturated rings. The van der Waals surface area contributed by atoms with E-state index in [-0.39, 0.29) is 0 Å². The van der Waals surface area contributed by atoms with E-state index in [0.29, 0.717) is 11.3 Å². The number of nitrogens with one attached hydrogen (secondary N) is 1. The van der Waals surface area contributed by atoms with Crippen molar-refractivity contribution in [2.45, 2.75) is 25.1 Å². The minimum absolute atomic E-state index is 0.493. The van der Waals surface area contributed by atoms with Gasteiger partial charge in [-0.3, -0.25) is 0 Å². The average Bonchev–Trinajstić information content (AvgIpc) is 2.37. The quantitative estimate of drug-likeness (QED) is 0.901. The Morgan fingerprint density at radius 2 is 2.12 bits per heavy atom. The van der Waals surface area contributed by atoms with Gasteiger partial charge in [-0.1, -0.05) is 18.2 Å². The van der Waals surface area contributed by atoms with Crippen LogP contribution < -0.4 is 5.32 Å². The van der Waals surface area contributed by atoms with E-state index in [1.165, 1.54) is 33.9 Å². The normalized spacial score (nSPS) is 22.4. The van der Waals surface area contributed by atoms with Crippen LogP contribution in [0.1, 0.15) is 22.7 Å². The summed E-state index contributed by atoms with van der Waals surface area (Å²) in [6.45, 7) is 4.45. The molecule has 1 N–H and O–H groups in total. The first-order valence-corrected chi connectivity index (χ1v) is 8.37. The second-order valence-electron chi connectivity index (χ2n) is 4.54. The van der Waals surface area contributed by atoms with Crippen molar-refractivity contribution in [2.24, 2.45) is 0 Å². The highest BCUT2D eigenvalue weighted by molar-refractivity contribution is 8.06. The molecule has 1 aromatic rings. The van der Waals surface area contributed by atoms with Crippen molar-refractivity contribution in [2.75, 3.05) is 24.3 Å². The zero-order valence-electron chi connectivity index (χ0n) is 10.8. The molecule has 1 heterocycles. The molecular weight excluding hydrogens is 246 g/mol. The molecule has 17 heavy (non-hydrogen) atoms. The number of hydrogen-bond acceptors (Lipinski definition) is 3. The van der Waals surface area contributed by atoms with Crippen LogP contribution >= 0.6 is 23.5 Å². The molecular formula is C14H21NS2. The molecule has 0 saturated carbocycles. The first-order valence-electron chi connectivity index (χ1n) is 6.16. The minimum atomic E-state index is 0.493. The third kappa shape index (κ3) is 3.01. The predicted molar refractivity (Wildman–Crippen MR) is 81.3 cm³/mol. The molecule has 0 amide bonds. The Morgan fingerprint density at radius 1 is 1.29 bits per heavy atom. The maximum Gasteiger partial charge on any atom is 0.0448 e. The fraction of sp³-hybridized carbons (Fsp3) is 0.571. The number of rotatable bonds is 3. The number of hydrogen-bond donors (Lipinski definition) is 1. The third-order valence-corrected chi connectivity index (χ3v) is 6.37. The van der Waals surface area contributed by atoms with Gasteiger partial charge in [0.15, 0.2) is 0 Å². The highest BCUT2D eigenvalue weighted by Crippen LogP contribution is 2.34. The lowest BCUT2D eigenvalue weighted by molar-refractivity contribution is 0.589. The number of benzene rings is 1. The van der Waals surface area contributed by atoms with Crippen LogP contribution in [0.25, 0.3) is 0 Å². The molecule has 1 saturated heterocycles. The van der Waals surface area contributed by atoms with Crippen LogP contribution in [0.5, 0.6) is 0 Å². The molecule has 2 unspecified atom stereocenters. The van der Waals surface area contributed by atoms with E-state index in [2.05, 4.69) is 67.9 Å². The summed E-state index contributed by atoms with van der Waals surface area (Å²) in [7, 11) is 2.09. The number of thioether (sulfide) groups is 2. The van der Waals surface area contributed by atoms with Gasteiger partial charge in [0.1, 0.15) is 0 Å². The van der Waals surface area contributed by atoms with E-state index >= 15 is 0 Å². The maximum atomic E-state index is 3.52. The first-order chi connectivity index (χ1) is 8.24. The largest absolute Gasteiger partial charge is 0.312 e. The minimum Gasteiger partial charge on any atom is -0.312 e. The van der Waals surface area contributed by atoms with Crippen LogP contribution in [0.4, 0.5) is 0 Å². The summed E-state index contributed by atoms with van der Waals surface area (Å²) in [5.41, 5.74) is 4.33. The van der Waals surface area contributed by atoms with Crippen molar-refractivity contribution in [3.8, 4) is 0 Å². The summed E-state index contributed by atoms with van der Waals surface area (Å²) >= 11 is 4.21. The van der Waals surface area contributed by atoms with E-state index < -0.39 is 0 Å². The van der Waals surface area contributed by atoms with Crippen LogP contribution in [-0.4, -0.2) is 29.6 Å². The Morgan fingerprint density at radius 3 is 2.76 bits per heavy atom. The Labute approximate surface area is 113 Å². The third-order valence-electron chi connectivity index (χ3n) is 3.51. The Hall–Kier alpha value is -0.120. The van der Waals surface area contributed by atoms with Gasteiger partial charge in [0.2, 0.25) is 0 Å². The van der Waals surface area contributed by atoms with Gasteiger partial charge in [0.05, 0.1) is 0 Å². The lowest BCUT2D eigenvalue weighted by Crippen LogP contribution is -2.32. The molecule has 1 aliphatic heterocycles. The van der Waals surface area contributed by atoms with Crippen LogP contribution in [0, 0.1) is 13.8 Å². The van der Waals surface area contributed by atoms with Gasteiger partial charge in [0.25, 0.3) is 0 Å². The molecule has 1 aromatic carbocycles. The summed E-state index contributed by atoms with van der Waals surface area (Å²) < 4.78 is 0. The van der Waals surface area contributed by atoms with Gasteiger partial charge in [-0.25, -0.2) is 0 Å². The fourth-order valence-corrected chi connectivity index (χ4v) is 5.25. The molecule has 0 aliphatic carbocycles. The molecule has 0 spiro atoms. The van der Waals surface area contributed by atoms with Crippen LogP contribution in [0.3, 0.4) is 0 Å². The van der Waals surface area contributed by atoms with Crippen molar-refractivity contribution in [3.63, 3.8) is 0 Å². The second kappa shape index (κ2) is 6.17. The summed E-state index contributed by atoms with van der Waals surface area (Å²) in [4.78, 5) is 0. The standard InChI is InChI=1S/C14H21NS2/c1-10-5-4-6-12(11(10)2)14(15-3)13-9-16-7-8-17-13/h4-6,13-15H,7-9H2,1-3H3. The van der Waals surface area contributed by atoms with E-state index in [9.17, 15) is 0 Å². The highest BCUT2D eigenvalue weighted by atomic mass is 32.2. The molecule has 1 nitrogen and oxygen atoms in total. The van der Waals surface area contributed by atoms with E-state index in [1.807, 2.05) is 0 Å². The monoisotopic (exact) mass is 267 g/mol. The van der Waals surface area contributed by atoms with Gasteiger partial charge < -0.3 is 5.32 Å². The molecule has 2 rings (SSSR count). The summed E-state index contributed by atoms with van der Waals surface area (Å²) in [6, 6.07) is 7.16. The summed E-state index contributed by atoms with van der Waals surface area (Å²) in [5.74, 6) is 3.87. The Kier molecular flexibility index (Phi) is 4.83. The average molecular weight is 267 g/mol. The summed E-state index contributed by atoms with van der Waals surface area (Å²) in [5, 5.41) is 4.23. The maximum absolute atomic E-state index is 3.52. The molecule has 3 heteroatoms. The van der Waals surface area contributed by atoms with Gasteiger partial charge in [-0.2, -0.15) is 23.5 Å². The Balaban J connectivity index is 2.24. The van der Waals surface area contributed by atoms with Crippen LogP contribution in [0.2, 0.25) is 0 Å². The lowest BCUT2D eigenvalue weighted by Gasteiger charge is -2.31. The predicted octanol–water partition coefficient (Wildman–Crippen LogP) is 3.41. The van der Waals surface area contributed by atoms with Crippen molar-refractivity contribution >= 4 is 23.5 Å². The smallest absolute Gasteiger partial charge is 0.0448 e. The zero-order chi connectivity index (χ0) is 12.3. The van der Waals surface area contributed by atoms with E-state index in [4.69, 9.17) is 0 Å². The van der Waals surface area contributed by atoms with Gasteiger partial charge in [-0.05, 0) is 37.6 Å². The van der Waals surface area contributed by atoms with Crippen LogP contribution in [0.15, 0.2) is 18.2 Å². The van der Waals surface area contributed by atoms with Crippen molar-refractivity contribution in [1.82, 2.24) is 5.32 Å². The van der Waals surface area contributed by atoms with E-state index in [1.54, 1.807) is 0 Å². The van der Waals surface area contributed by atoms with Crippen molar-refractivity contribution in [1.29, 1.82) is 0 Å². The molecule has 0 aromatic heterocycles. The molecule has 1 aliphatic rings. The molecule has 0 bridgehead atoms. The van der Waals surface area contributed by atoms with Crippen LogP contribution in [-0.2, 0) is 0 Å². The topological polar surface area (TPSA) is 12.0 Å². The highest BCUT2D eigenvalue weighted by Gasteiger charge is 2.25. The molecule has 0 radical (unpaired) electrons. The van der Waals surface area contributed by atoms with E-state index in [0.717, 1.165) is 0 Å². The zero-order valence-corrected chi connectivity index (χ0v) is 12.5. The van der Waals surface area contributed by atoms with Gasteiger partial charge in [0, 0.05) is 28.6 Å². The number of aryl methyl sites for hydroxylation is 1. The molecule has 2 atom stereocenters. The SMILES string of the molecule is CNC(c1cccc(C)c1C)C1CSCCS1. The lowest BCUT2D eigenvalue weighted by atomic mass is 9.96. The summed E-state index contributed by atoms with van der Waals surface area (Å²) in [6.07, 6.45) is 0. The Bertz CT molecular complexity index is 372. The second-order valence-corrected chi connectivity index (χ2v) is 7.04. The van der Waals surface area contributed by atoms with Gasteiger partial charge >= 0.3 is 0 Å². The van der Waals surface area contributed by atoms with Crippen molar-refractivity contribution in [3.05, 3.63) is 34.9 Å².